The number of nitrogens with zero attached hydrogens (tertiary/aromatic N) is 12. The second kappa shape index (κ2) is 37.0. The van der Waals surface area contributed by atoms with Gasteiger partial charge in [-0.1, -0.05) is 34.6 Å². The Morgan fingerprint density at radius 3 is 1.13 bits per heavy atom. The van der Waals surface area contributed by atoms with Crippen LogP contribution in [-0.2, 0) is 0 Å². The number of quaternary nitrogens is 6. The third-order valence-corrected chi connectivity index (χ3v) is 21.5. The molecule has 0 aromatic carbocycles. The van der Waals surface area contributed by atoms with Crippen LogP contribution in [0.4, 0.5) is 0 Å². The molecule has 12 nitrogen and oxygen atoms in total. The van der Waals surface area contributed by atoms with Crippen molar-refractivity contribution < 1.29 is 26.9 Å². The molecule has 0 radical (unpaired) electrons. The van der Waals surface area contributed by atoms with E-state index in [9.17, 15) is 0 Å². The SMILES string of the molecule is CCC(C)(C)N1CCC[N+](C)(C)C1.CCCN1CCC[N+](CC)(CC)C1.CCN1CCC[N+](CC)(CC)C1.CC[N+]1(CC)CCCN(C(C)C(C)C)C1.CC[N+]1(CC)CCCN(C(C)C)C1.CC[N+]1(CC)CCCN(C)C1. The fourth-order valence-electron chi connectivity index (χ4n) is 13.6. The van der Waals surface area contributed by atoms with Crippen LogP contribution in [0.25, 0.3) is 0 Å². The van der Waals surface area contributed by atoms with E-state index in [0.717, 1.165) is 22.5 Å². The molecular formula is C65H148N12+6. The molecule has 6 saturated heterocycles. The summed E-state index contributed by atoms with van der Waals surface area (Å²) in [6.07, 6.45) is 10.8. The molecule has 6 heterocycles. The van der Waals surface area contributed by atoms with Gasteiger partial charge < -0.3 is 26.9 Å². The molecule has 0 aliphatic carbocycles. The zero-order chi connectivity index (χ0) is 58.6. The van der Waals surface area contributed by atoms with E-state index in [1.54, 1.807) is 0 Å². The molecule has 462 valence electrons. The highest BCUT2D eigenvalue weighted by atomic mass is 15.5. The van der Waals surface area contributed by atoms with Crippen LogP contribution in [0.5, 0.6) is 0 Å². The maximum atomic E-state index is 2.70. The zero-order valence-electron chi connectivity index (χ0n) is 57.5. The lowest BCUT2D eigenvalue weighted by molar-refractivity contribution is -0.940. The second-order valence-electron chi connectivity index (χ2n) is 27.7. The molecule has 0 aromatic heterocycles. The Kier molecular flexibility index (Phi) is 35.8. The standard InChI is InChI=1S/C13H29N2.3C11H25N2.C10H23N2.C9H21N2/c1-6-15(7-2)10-8-9-14(11-15)13(5)12(3)4;1-6-11(2,3)12-8-7-9-13(4,5)10-12;1-5-13(6-2)9-7-8-12(10-13)11(3)4;1-4-8-12-9-7-10-13(5-2,6-3)11-12;1-4-11-8-7-9-12(5-2,6-3)10-11;1-4-11(5-2)8-6-7-10(3)9-11/h12-13H,6-11H2,1-5H3;6-10H2,1-5H3;11H,5-10H2,1-4H3;4-11H2,1-3H3;4-10H2,1-3H3;4-9H2,1-3H3/q6*+1. The van der Waals surface area contributed by atoms with Crippen molar-refractivity contribution in [2.75, 3.05) is 218 Å². The summed E-state index contributed by atoms with van der Waals surface area (Å²) >= 11 is 0. The van der Waals surface area contributed by atoms with Gasteiger partial charge in [0, 0.05) is 109 Å². The molecule has 1 unspecified atom stereocenters. The molecule has 0 amide bonds. The quantitative estimate of drug-likeness (QED) is 0.127. The molecular weight excluding hydrogens is 949 g/mol. The average molecular weight is 1100 g/mol. The van der Waals surface area contributed by atoms with Crippen molar-refractivity contribution in [1.82, 2.24) is 29.4 Å². The molecule has 12 heteroatoms. The topological polar surface area (TPSA) is 19.4 Å². The van der Waals surface area contributed by atoms with Crippen molar-refractivity contribution in [3.8, 4) is 0 Å². The highest BCUT2D eigenvalue weighted by molar-refractivity contribution is 4.79. The van der Waals surface area contributed by atoms with Gasteiger partial charge in [-0.25, -0.2) is 0 Å². The van der Waals surface area contributed by atoms with Crippen molar-refractivity contribution in [2.24, 2.45) is 5.92 Å². The Balaban J connectivity index is 0.000000463. The average Bonchev–Trinajstić information content (AvgIpc) is 3.45. The van der Waals surface area contributed by atoms with Gasteiger partial charge >= 0.3 is 0 Å². The maximum absolute atomic E-state index is 2.70. The van der Waals surface area contributed by atoms with Gasteiger partial charge in [-0.05, 0) is 130 Å². The minimum Gasteiger partial charge on any atom is -0.316 e. The summed E-state index contributed by atoms with van der Waals surface area (Å²) in [5.74, 6) is 0.777. The Hall–Kier alpha value is -0.480. The lowest BCUT2D eigenvalue weighted by atomic mass is 9.98. The maximum Gasteiger partial charge on any atom is 0.135 e. The molecule has 0 spiro atoms. The second-order valence-corrected chi connectivity index (χ2v) is 27.7. The summed E-state index contributed by atoms with van der Waals surface area (Å²) in [5, 5.41) is 0. The van der Waals surface area contributed by atoms with E-state index < -0.39 is 0 Å². The smallest absolute Gasteiger partial charge is 0.135 e. The minimum atomic E-state index is 0.385. The molecule has 6 aliphatic rings. The summed E-state index contributed by atoms with van der Waals surface area (Å²) in [6.45, 7) is 85.6. The predicted octanol–water partition coefficient (Wildman–Crippen LogP) is 11.0. The third-order valence-electron chi connectivity index (χ3n) is 21.5. The fraction of sp³-hybridized carbons (Fsp3) is 1.00. The first kappa shape index (κ1) is 74.5. The van der Waals surface area contributed by atoms with Gasteiger partial charge in [-0.3, -0.25) is 29.4 Å². The van der Waals surface area contributed by atoms with Crippen LogP contribution < -0.4 is 0 Å². The molecule has 0 N–H and O–H groups in total. The fourth-order valence-corrected chi connectivity index (χ4v) is 13.6. The molecule has 0 aromatic rings. The summed E-state index contributed by atoms with van der Waals surface area (Å²) < 4.78 is 7.70. The highest BCUT2D eigenvalue weighted by Gasteiger charge is 2.36. The lowest BCUT2D eigenvalue weighted by Gasteiger charge is -2.47. The van der Waals surface area contributed by atoms with Crippen molar-refractivity contribution >= 4 is 0 Å². The van der Waals surface area contributed by atoms with Crippen molar-refractivity contribution in [1.29, 1.82) is 0 Å². The lowest BCUT2D eigenvalue weighted by Crippen LogP contribution is -2.61. The molecule has 6 rings (SSSR count). The van der Waals surface area contributed by atoms with Crippen LogP contribution in [0.15, 0.2) is 0 Å². The molecule has 77 heavy (non-hydrogen) atoms. The summed E-state index contributed by atoms with van der Waals surface area (Å²) in [4.78, 5) is 15.6. The van der Waals surface area contributed by atoms with Crippen LogP contribution in [0, 0.1) is 5.92 Å². The molecule has 1 atom stereocenters. The van der Waals surface area contributed by atoms with Crippen molar-refractivity contribution in [3.05, 3.63) is 0 Å². The number of hydrogen-bond acceptors (Lipinski definition) is 6. The van der Waals surface area contributed by atoms with Crippen molar-refractivity contribution in [2.45, 2.75) is 207 Å². The summed E-state index contributed by atoms with van der Waals surface area (Å²) in [6, 6.07) is 1.46. The largest absolute Gasteiger partial charge is 0.316 e. The summed E-state index contributed by atoms with van der Waals surface area (Å²) in [5.41, 5.74) is 0.385. The van der Waals surface area contributed by atoms with Crippen LogP contribution in [0.1, 0.15) is 190 Å². The van der Waals surface area contributed by atoms with E-state index in [1.165, 1.54) is 271 Å². The normalized spacial score (nSPS) is 24.3. The van der Waals surface area contributed by atoms with E-state index in [1.807, 2.05) is 0 Å². The minimum absolute atomic E-state index is 0.385. The van der Waals surface area contributed by atoms with Gasteiger partial charge in [0.25, 0.3) is 0 Å². The van der Waals surface area contributed by atoms with Gasteiger partial charge in [-0.15, -0.1) is 0 Å². The molecule has 0 saturated carbocycles. The van der Waals surface area contributed by atoms with Crippen LogP contribution in [-0.4, -0.2) is 292 Å². The van der Waals surface area contributed by atoms with Crippen LogP contribution in [0.2, 0.25) is 0 Å². The first-order valence-corrected chi connectivity index (χ1v) is 33.7. The number of rotatable bonds is 18. The predicted molar refractivity (Wildman–Crippen MR) is 341 cm³/mol. The Morgan fingerprint density at radius 2 is 0.766 bits per heavy atom. The zero-order valence-corrected chi connectivity index (χ0v) is 57.5. The van der Waals surface area contributed by atoms with Gasteiger partial charge in [-0.2, -0.15) is 0 Å². The van der Waals surface area contributed by atoms with E-state index in [2.05, 4.69) is 189 Å². The monoisotopic (exact) mass is 1100 g/mol. The van der Waals surface area contributed by atoms with Crippen LogP contribution in [0.3, 0.4) is 0 Å². The summed E-state index contributed by atoms with van der Waals surface area (Å²) in [7, 11) is 6.90. The van der Waals surface area contributed by atoms with Crippen molar-refractivity contribution in [3.63, 3.8) is 0 Å². The molecule has 0 bridgehead atoms. The van der Waals surface area contributed by atoms with E-state index in [4.69, 9.17) is 0 Å². The van der Waals surface area contributed by atoms with Gasteiger partial charge in [0.1, 0.15) is 40.0 Å². The van der Waals surface area contributed by atoms with Gasteiger partial charge in [0.2, 0.25) is 0 Å². The van der Waals surface area contributed by atoms with E-state index in [-0.39, 0.29) is 0 Å². The third kappa shape index (κ3) is 25.1. The first-order valence-electron chi connectivity index (χ1n) is 33.7. The van der Waals surface area contributed by atoms with E-state index in [0.29, 0.717) is 5.54 Å². The van der Waals surface area contributed by atoms with E-state index >= 15 is 0 Å². The Bertz CT molecular complexity index is 1450. The highest BCUT2D eigenvalue weighted by Crippen LogP contribution is 2.25. The molecule has 6 fully saturated rings. The Labute approximate surface area is 485 Å². The number of hydrogen-bond donors (Lipinski definition) is 0. The van der Waals surface area contributed by atoms with Gasteiger partial charge in [0.05, 0.1) is 119 Å². The van der Waals surface area contributed by atoms with Gasteiger partial charge in [0.15, 0.2) is 0 Å². The Morgan fingerprint density at radius 1 is 0.403 bits per heavy atom. The first-order chi connectivity index (χ1) is 36.3. The van der Waals surface area contributed by atoms with Crippen LogP contribution >= 0.6 is 0 Å². The molecule has 6 aliphatic heterocycles.